The number of hydrogen-bond donors (Lipinski definition) is 1. The van der Waals surface area contributed by atoms with Gasteiger partial charge in [0.1, 0.15) is 0 Å². The van der Waals surface area contributed by atoms with Crippen molar-refractivity contribution in [3.05, 3.63) is 28.6 Å². The third-order valence-electron chi connectivity index (χ3n) is 2.16. The van der Waals surface area contributed by atoms with Crippen molar-refractivity contribution >= 4 is 17.6 Å². The molecular formula is C10H10ClF2NO2. The molecule has 0 atom stereocenters. The molecule has 1 N–H and O–H groups in total. The van der Waals surface area contributed by atoms with Crippen LogP contribution in [-0.4, -0.2) is 16.1 Å². The van der Waals surface area contributed by atoms with Crippen LogP contribution in [0.2, 0.25) is 0 Å². The van der Waals surface area contributed by atoms with Crippen LogP contribution < -0.4 is 0 Å². The fourth-order valence-electron chi connectivity index (χ4n) is 1.35. The van der Waals surface area contributed by atoms with Crippen molar-refractivity contribution in [3.8, 4) is 0 Å². The summed E-state index contributed by atoms with van der Waals surface area (Å²) in [5.74, 6) is -1.13. The van der Waals surface area contributed by atoms with Gasteiger partial charge < -0.3 is 5.11 Å². The van der Waals surface area contributed by atoms with E-state index >= 15 is 0 Å². The lowest BCUT2D eigenvalue weighted by Crippen LogP contribution is -2.07. The van der Waals surface area contributed by atoms with Gasteiger partial charge in [-0.25, -0.2) is 8.78 Å². The number of nitrogens with zero attached hydrogens (tertiary/aromatic N) is 1. The van der Waals surface area contributed by atoms with Crippen molar-refractivity contribution in [1.29, 1.82) is 0 Å². The van der Waals surface area contributed by atoms with Crippen LogP contribution in [0.1, 0.15) is 28.9 Å². The van der Waals surface area contributed by atoms with Crippen molar-refractivity contribution in [2.45, 2.75) is 25.7 Å². The molecule has 0 amide bonds. The van der Waals surface area contributed by atoms with Gasteiger partial charge in [-0.1, -0.05) is 0 Å². The quantitative estimate of drug-likeness (QED) is 0.835. The zero-order valence-corrected chi connectivity index (χ0v) is 9.26. The van der Waals surface area contributed by atoms with E-state index in [0.29, 0.717) is 11.3 Å². The zero-order valence-electron chi connectivity index (χ0n) is 8.51. The van der Waals surface area contributed by atoms with Crippen LogP contribution in [0.4, 0.5) is 8.78 Å². The Morgan fingerprint density at radius 2 is 2.25 bits per heavy atom. The Kier molecular flexibility index (Phi) is 4.18. The van der Waals surface area contributed by atoms with Gasteiger partial charge in [0.25, 0.3) is 6.43 Å². The van der Waals surface area contributed by atoms with Gasteiger partial charge in [0.2, 0.25) is 0 Å². The molecule has 6 heteroatoms. The number of rotatable bonds is 4. The van der Waals surface area contributed by atoms with Crippen molar-refractivity contribution in [2.75, 3.05) is 0 Å². The summed E-state index contributed by atoms with van der Waals surface area (Å²) >= 11 is 5.56. The predicted octanol–water partition coefficient (Wildman–Crippen LogP) is 2.69. The minimum Gasteiger partial charge on any atom is -0.481 e. The third-order valence-corrected chi connectivity index (χ3v) is 2.41. The molecule has 0 aromatic carbocycles. The average Bonchev–Trinajstić information content (AvgIpc) is 2.19. The first kappa shape index (κ1) is 12.8. The van der Waals surface area contributed by atoms with E-state index in [0.717, 1.165) is 6.07 Å². The molecule has 16 heavy (non-hydrogen) atoms. The maximum atomic E-state index is 12.6. The highest BCUT2D eigenvalue weighted by Gasteiger charge is 2.16. The lowest BCUT2D eigenvalue weighted by molar-refractivity contribution is -0.136. The molecule has 0 spiro atoms. The molecule has 0 radical (unpaired) electrons. The highest BCUT2D eigenvalue weighted by molar-refractivity contribution is 6.17. The fraction of sp³-hybridized carbons (Fsp3) is 0.400. The molecule has 0 saturated carbocycles. The van der Waals surface area contributed by atoms with Gasteiger partial charge in [0.15, 0.2) is 0 Å². The number of pyridine rings is 1. The summed E-state index contributed by atoms with van der Waals surface area (Å²) in [7, 11) is 0. The predicted molar refractivity (Wildman–Crippen MR) is 54.8 cm³/mol. The second kappa shape index (κ2) is 5.21. The molecule has 0 aliphatic heterocycles. The van der Waals surface area contributed by atoms with Crippen molar-refractivity contribution < 1.29 is 18.7 Å². The number of carboxylic acids is 1. The zero-order chi connectivity index (χ0) is 12.3. The van der Waals surface area contributed by atoms with Crippen LogP contribution in [0.5, 0.6) is 0 Å². The molecule has 88 valence electrons. The van der Waals surface area contributed by atoms with Crippen LogP contribution in [0.25, 0.3) is 0 Å². The Bertz CT molecular complexity index is 410. The fourth-order valence-corrected chi connectivity index (χ4v) is 1.61. The Morgan fingerprint density at radius 3 is 2.69 bits per heavy atom. The monoisotopic (exact) mass is 249 g/mol. The van der Waals surface area contributed by atoms with E-state index in [1.54, 1.807) is 0 Å². The van der Waals surface area contributed by atoms with Crippen LogP contribution in [0.15, 0.2) is 6.07 Å². The van der Waals surface area contributed by atoms with Crippen LogP contribution in [0, 0.1) is 6.92 Å². The maximum absolute atomic E-state index is 12.6. The molecule has 0 fully saturated rings. The number of aromatic nitrogens is 1. The summed E-state index contributed by atoms with van der Waals surface area (Å²) in [5, 5.41) is 8.57. The van der Waals surface area contributed by atoms with Gasteiger partial charge in [-0.2, -0.15) is 0 Å². The molecule has 1 aromatic rings. The first-order chi connectivity index (χ1) is 7.45. The van der Waals surface area contributed by atoms with Gasteiger partial charge in [-0.05, 0) is 18.6 Å². The molecule has 0 unspecified atom stereocenters. The van der Waals surface area contributed by atoms with Gasteiger partial charge in [0, 0.05) is 5.56 Å². The van der Waals surface area contributed by atoms with E-state index in [-0.39, 0.29) is 23.6 Å². The summed E-state index contributed by atoms with van der Waals surface area (Å²) in [4.78, 5) is 14.4. The van der Waals surface area contributed by atoms with Crippen LogP contribution in [0.3, 0.4) is 0 Å². The smallest absolute Gasteiger partial charge is 0.309 e. The van der Waals surface area contributed by atoms with E-state index < -0.39 is 12.4 Å². The number of alkyl halides is 3. The minimum absolute atomic E-state index is 0.0149. The summed E-state index contributed by atoms with van der Waals surface area (Å²) in [6, 6.07) is 1.12. The van der Waals surface area contributed by atoms with Crippen molar-refractivity contribution in [3.63, 3.8) is 0 Å². The Balaban J connectivity index is 3.22. The van der Waals surface area contributed by atoms with Crippen LogP contribution in [-0.2, 0) is 17.1 Å². The van der Waals surface area contributed by atoms with E-state index in [9.17, 15) is 13.6 Å². The summed E-state index contributed by atoms with van der Waals surface area (Å²) in [5.41, 5.74) is 0.515. The van der Waals surface area contributed by atoms with Crippen LogP contribution >= 0.6 is 11.6 Å². The normalized spacial score (nSPS) is 10.8. The second-order valence-corrected chi connectivity index (χ2v) is 3.55. The van der Waals surface area contributed by atoms with Crippen molar-refractivity contribution in [1.82, 2.24) is 4.98 Å². The topological polar surface area (TPSA) is 50.2 Å². The standard InChI is InChI=1S/C10H10ClF2NO2/c1-5-7(10(12)13)2-6(3-9(15)16)14-8(5)4-11/h2,10H,3-4H2,1H3,(H,15,16). The Morgan fingerprint density at radius 1 is 1.62 bits per heavy atom. The molecule has 1 rings (SSSR count). The SMILES string of the molecule is Cc1c(C(F)F)cc(CC(=O)O)nc1CCl. The van der Waals surface area contributed by atoms with Gasteiger partial charge in [0.05, 0.1) is 23.7 Å². The van der Waals surface area contributed by atoms with E-state index in [4.69, 9.17) is 16.7 Å². The van der Waals surface area contributed by atoms with Gasteiger partial charge in [-0.15, -0.1) is 11.6 Å². The van der Waals surface area contributed by atoms with Crippen molar-refractivity contribution in [2.24, 2.45) is 0 Å². The summed E-state index contributed by atoms with van der Waals surface area (Å²) in [6.07, 6.45) is -3.04. The largest absolute Gasteiger partial charge is 0.481 e. The minimum atomic E-state index is -2.66. The number of aliphatic carboxylic acids is 1. The molecule has 1 heterocycles. The van der Waals surface area contributed by atoms with Gasteiger partial charge in [-0.3, -0.25) is 9.78 Å². The highest BCUT2D eigenvalue weighted by atomic mass is 35.5. The Labute approximate surface area is 96.1 Å². The second-order valence-electron chi connectivity index (χ2n) is 3.28. The molecule has 0 saturated heterocycles. The highest BCUT2D eigenvalue weighted by Crippen LogP contribution is 2.25. The molecule has 0 aliphatic carbocycles. The Hall–Kier alpha value is -1.23. The third kappa shape index (κ3) is 2.88. The maximum Gasteiger partial charge on any atom is 0.309 e. The molecule has 1 aromatic heterocycles. The number of carboxylic acid groups (broad SMARTS) is 1. The lowest BCUT2D eigenvalue weighted by Gasteiger charge is -2.10. The average molecular weight is 250 g/mol. The molecule has 0 aliphatic rings. The molecule has 0 bridgehead atoms. The number of carbonyl (C=O) groups is 1. The summed E-state index contributed by atoms with van der Waals surface area (Å²) < 4.78 is 25.3. The lowest BCUT2D eigenvalue weighted by atomic mass is 10.1. The first-order valence-corrected chi connectivity index (χ1v) is 5.04. The summed E-state index contributed by atoms with van der Waals surface area (Å²) in [6.45, 7) is 1.50. The molecular weight excluding hydrogens is 240 g/mol. The number of hydrogen-bond acceptors (Lipinski definition) is 2. The van der Waals surface area contributed by atoms with E-state index in [2.05, 4.69) is 4.98 Å². The number of halogens is 3. The van der Waals surface area contributed by atoms with E-state index in [1.807, 2.05) is 0 Å². The van der Waals surface area contributed by atoms with E-state index in [1.165, 1.54) is 6.92 Å². The first-order valence-electron chi connectivity index (χ1n) is 4.51. The van der Waals surface area contributed by atoms with Gasteiger partial charge >= 0.3 is 5.97 Å². The molecule has 3 nitrogen and oxygen atoms in total.